The van der Waals surface area contributed by atoms with E-state index in [1.54, 1.807) is 0 Å². The molecule has 94 valence electrons. The molecule has 0 heterocycles. The maximum atomic E-state index is 4.12. The smallest absolute Gasteiger partial charge is 0.0360 e. The molecule has 1 aromatic carbocycles. The Morgan fingerprint density at radius 2 is 2.12 bits per heavy atom. The van der Waals surface area contributed by atoms with Gasteiger partial charge in [0, 0.05) is 10.5 Å². The molecule has 1 atom stereocenters. The van der Waals surface area contributed by atoms with Gasteiger partial charge in [-0.1, -0.05) is 54.1 Å². The van der Waals surface area contributed by atoms with Gasteiger partial charge in [-0.15, -0.1) is 0 Å². The summed E-state index contributed by atoms with van der Waals surface area (Å²) in [6.07, 6.45) is 2.07. The Hall–Kier alpha value is -0.600. The highest BCUT2D eigenvalue weighted by Crippen LogP contribution is 2.28. The van der Waals surface area contributed by atoms with Gasteiger partial charge in [-0.25, -0.2) is 0 Å². The van der Waals surface area contributed by atoms with E-state index >= 15 is 0 Å². The molecule has 1 aromatic rings. The van der Waals surface area contributed by atoms with Crippen LogP contribution < -0.4 is 5.32 Å². The second-order valence-corrected chi connectivity index (χ2v) is 5.23. The molecular formula is C15H22BrN. The van der Waals surface area contributed by atoms with Gasteiger partial charge in [0.25, 0.3) is 0 Å². The van der Waals surface area contributed by atoms with E-state index in [0.29, 0.717) is 6.04 Å². The van der Waals surface area contributed by atoms with Gasteiger partial charge in [-0.05, 0) is 43.5 Å². The van der Waals surface area contributed by atoms with Crippen LogP contribution in [0.25, 0.3) is 0 Å². The summed E-state index contributed by atoms with van der Waals surface area (Å²) in [6.45, 7) is 11.6. The maximum absolute atomic E-state index is 4.12. The zero-order chi connectivity index (χ0) is 12.8. The molecule has 1 unspecified atom stereocenters. The summed E-state index contributed by atoms with van der Waals surface area (Å²) >= 11 is 3.60. The third-order valence-corrected chi connectivity index (χ3v) is 3.99. The summed E-state index contributed by atoms with van der Waals surface area (Å²) in [7, 11) is 0. The first-order valence-corrected chi connectivity index (χ1v) is 7.04. The van der Waals surface area contributed by atoms with Crippen LogP contribution in [0.2, 0.25) is 0 Å². The van der Waals surface area contributed by atoms with Crippen molar-refractivity contribution in [1.29, 1.82) is 0 Å². The molecule has 0 bridgehead atoms. The average molecular weight is 296 g/mol. The third kappa shape index (κ3) is 3.97. The molecule has 17 heavy (non-hydrogen) atoms. The molecule has 1 rings (SSSR count). The number of hydrogen-bond acceptors (Lipinski definition) is 1. The molecule has 0 spiro atoms. The van der Waals surface area contributed by atoms with Crippen LogP contribution in [-0.2, 0) is 0 Å². The molecule has 0 aromatic heterocycles. The molecule has 0 fully saturated rings. The van der Waals surface area contributed by atoms with Gasteiger partial charge in [-0.3, -0.25) is 0 Å². The Morgan fingerprint density at radius 1 is 1.41 bits per heavy atom. The van der Waals surface area contributed by atoms with Crippen molar-refractivity contribution < 1.29 is 0 Å². The lowest BCUT2D eigenvalue weighted by Gasteiger charge is -2.21. The van der Waals surface area contributed by atoms with E-state index in [4.69, 9.17) is 0 Å². The lowest BCUT2D eigenvalue weighted by atomic mass is 9.95. The molecule has 0 aliphatic rings. The number of rotatable bonds is 6. The molecule has 1 N–H and O–H groups in total. The number of nitrogens with one attached hydrogen (secondary N) is 1. The van der Waals surface area contributed by atoms with Crippen molar-refractivity contribution in [2.24, 2.45) is 0 Å². The molecule has 0 radical (unpaired) electrons. The van der Waals surface area contributed by atoms with Crippen LogP contribution in [0.1, 0.15) is 43.9 Å². The number of benzene rings is 1. The molecule has 0 amide bonds. The Labute approximate surface area is 113 Å². The zero-order valence-electron chi connectivity index (χ0n) is 11.0. The summed E-state index contributed by atoms with van der Waals surface area (Å²) in [6, 6.07) is 6.78. The van der Waals surface area contributed by atoms with Crippen molar-refractivity contribution >= 4 is 15.9 Å². The van der Waals surface area contributed by atoms with Crippen LogP contribution in [0.4, 0.5) is 0 Å². The summed E-state index contributed by atoms with van der Waals surface area (Å²) in [5.41, 5.74) is 3.99. The Balaban J connectivity index is 2.96. The summed E-state index contributed by atoms with van der Waals surface area (Å²) in [5.74, 6) is 0. The van der Waals surface area contributed by atoms with E-state index in [1.165, 1.54) is 21.2 Å². The Morgan fingerprint density at radius 3 is 2.71 bits per heavy atom. The molecule has 1 nitrogen and oxygen atoms in total. The first-order valence-electron chi connectivity index (χ1n) is 6.25. The van der Waals surface area contributed by atoms with Crippen molar-refractivity contribution in [2.45, 2.75) is 39.7 Å². The maximum Gasteiger partial charge on any atom is 0.0360 e. The van der Waals surface area contributed by atoms with Gasteiger partial charge in [0.2, 0.25) is 0 Å². The largest absolute Gasteiger partial charge is 0.310 e. The molecule has 0 saturated carbocycles. The van der Waals surface area contributed by atoms with Crippen LogP contribution in [0, 0.1) is 6.92 Å². The highest BCUT2D eigenvalue weighted by Gasteiger charge is 2.14. The quantitative estimate of drug-likeness (QED) is 0.746. The van der Waals surface area contributed by atoms with E-state index in [-0.39, 0.29) is 0 Å². The van der Waals surface area contributed by atoms with Crippen molar-refractivity contribution in [3.8, 4) is 0 Å². The van der Waals surface area contributed by atoms with Gasteiger partial charge in [0.1, 0.15) is 0 Å². The Kier molecular flexibility index (Phi) is 5.93. The minimum absolute atomic E-state index is 0.380. The van der Waals surface area contributed by atoms with Crippen molar-refractivity contribution in [1.82, 2.24) is 5.32 Å². The first kappa shape index (κ1) is 14.5. The number of hydrogen-bond donors (Lipinski definition) is 1. The van der Waals surface area contributed by atoms with E-state index in [0.717, 1.165) is 19.4 Å². The molecular weight excluding hydrogens is 274 g/mol. The van der Waals surface area contributed by atoms with E-state index in [2.05, 4.69) is 66.8 Å². The lowest BCUT2D eigenvalue weighted by Crippen LogP contribution is -2.22. The van der Waals surface area contributed by atoms with Gasteiger partial charge in [0.05, 0.1) is 0 Å². The topological polar surface area (TPSA) is 12.0 Å². The third-order valence-electron chi connectivity index (χ3n) is 3.13. The van der Waals surface area contributed by atoms with E-state index in [9.17, 15) is 0 Å². The summed E-state index contributed by atoms with van der Waals surface area (Å²) < 4.78 is 1.18. The zero-order valence-corrected chi connectivity index (χ0v) is 12.6. The predicted molar refractivity (Wildman–Crippen MR) is 79.3 cm³/mol. The van der Waals surface area contributed by atoms with E-state index < -0.39 is 0 Å². The highest BCUT2D eigenvalue weighted by atomic mass is 79.9. The fourth-order valence-electron chi connectivity index (χ4n) is 1.97. The van der Waals surface area contributed by atoms with Crippen LogP contribution in [0.15, 0.2) is 34.8 Å². The number of halogens is 1. The van der Waals surface area contributed by atoms with Crippen molar-refractivity contribution in [3.63, 3.8) is 0 Å². The van der Waals surface area contributed by atoms with Crippen LogP contribution in [0.5, 0.6) is 0 Å². The Bertz CT molecular complexity index is 385. The van der Waals surface area contributed by atoms with Crippen molar-refractivity contribution in [2.75, 3.05) is 6.54 Å². The first-order chi connectivity index (χ1) is 8.10. The second-order valence-electron chi connectivity index (χ2n) is 4.37. The average Bonchev–Trinajstić information content (AvgIpc) is 2.32. The monoisotopic (exact) mass is 295 g/mol. The molecule has 0 aliphatic carbocycles. The highest BCUT2D eigenvalue weighted by molar-refractivity contribution is 9.10. The SMILES string of the molecule is C=C(CC)CC(NCC)c1cccc(Br)c1C. The van der Waals surface area contributed by atoms with Crippen LogP contribution in [-0.4, -0.2) is 6.54 Å². The molecule has 2 heteroatoms. The molecule has 0 aliphatic heterocycles. The van der Waals surface area contributed by atoms with Gasteiger partial charge in [-0.2, -0.15) is 0 Å². The second kappa shape index (κ2) is 6.97. The predicted octanol–water partition coefficient (Wildman–Crippen LogP) is 4.76. The van der Waals surface area contributed by atoms with Gasteiger partial charge < -0.3 is 5.32 Å². The van der Waals surface area contributed by atoms with Crippen LogP contribution in [0.3, 0.4) is 0 Å². The molecule has 0 saturated heterocycles. The summed E-state index contributed by atoms with van der Waals surface area (Å²) in [5, 5.41) is 3.55. The summed E-state index contributed by atoms with van der Waals surface area (Å²) in [4.78, 5) is 0. The van der Waals surface area contributed by atoms with Crippen LogP contribution >= 0.6 is 15.9 Å². The fourth-order valence-corrected chi connectivity index (χ4v) is 2.35. The normalized spacial score (nSPS) is 12.5. The minimum Gasteiger partial charge on any atom is -0.310 e. The minimum atomic E-state index is 0.380. The fraction of sp³-hybridized carbons (Fsp3) is 0.467. The van der Waals surface area contributed by atoms with Gasteiger partial charge in [0.15, 0.2) is 0 Å². The van der Waals surface area contributed by atoms with Gasteiger partial charge >= 0.3 is 0 Å². The standard InChI is InChI=1S/C15H22BrN/c1-5-11(3)10-15(17-6-2)13-8-7-9-14(16)12(13)4/h7-9,15,17H,3,5-6,10H2,1-2,4H3. The van der Waals surface area contributed by atoms with E-state index in [1.807, 2.05) is 0 Å². The van der Waals surface area contributed by atoms with Crippen molar-refractivity contribution in [3.05, 3.63) is 46.0 Å². The lowest BCUT2D eigenvalue weighted by molar-refractivity contribution is 0.540.